The van der Waals surface area contributed by atoms with Crippen molar-refractivity contribution in [3.05, 3.63) is 35.4 Å². The van der Waals surface area contributed by atoms with Gasteiger partial charge in [0.1, 0.15) is 5.75 Å². The van der Waals surface area contributed by atoms with E-state index in [2.05, 4.69) is 0 Å². The fraction of sp³-hybridized carbons (Fsp3) is 0.182. The number of phenolic OH excluding ortho intramolecular Hbond substituents is 1. The Bertz CT molecular complexity index is 382. The van der Waals surface area contributed by atoms with Crippen molar-refractivity contribution < 1.29 is 20.1 Å². The first-order chi connectivity index (χ1) is 7.13. The number of rotatable bonds is 4. The SMILES string of the molecule is O=C(O)/C=C/c1ccc(O)c(CCO)c1. The standard InChI is InChI=1S/C11H12O4/c12-6-5-9-7-8(1-3-10(9)13)2-4-11(14)15/h1-4,7,12-13H,5-6H2,(H,14,15)/b4-2+. The van der Waals surface area contributed by atoms with Crippen LogP contribution in [0.2, 0.25) is 0 Å². The summed E-state index contributed by atoms with van der Waals surface area (Å²) in [5.74, 6) is -0.914. The summed E-state index contributed by atoms with van der Waals surface area (Å²) in [5.41, 5.74) is 1.28. The number of hydrogen-bond donors (Lipinski definition) is 3. The van der Waals surface area contributed by atoms with Gasteiger partial charge in [-0.2, -0.15) is 0 Å². The van der Waals surface area contributed by atoms with Crippen molar-refractivity contribution in [1.29, 1.82) is 0 Å². The summed E-state index contributed by atoms with van der Waals surface area (Å²) in [6.45, 7) is -0.0559. The van der Waals surface area contributed by atoms with Crippen LogP contribution in [0.1, 0.15) is 11.1 Å². The molecule has 0 amide bonds. The number of hydrogen-bond acceptors (Lipinski definition) is 3. The predicted octanol–water partition coefficient (Wildman–Crippen LogP) is 1.02. The van der Waals surface area contributed by atoms with E-state index in [-0.39, 0.29) is 12.4 Å². The van der Waals surface area contributed by atoms with E-state index in [1.54, 1.807) is 12.1 Å². The van der Waals surface area contributed by atoms with Crippen LogP contribution in [0.15, 0.2) is 24.3 Å². The molecule has 3 N–H and O–H groups in total. The quantitative estimate of drug-likeness (QED) is 0.646. The maximum Gasteiger partial charge on any atom is 0.328 e. The Hall–Kier alpha value is -1.81. The number of carboxylic acid groups (broad SMARTS) is 1. The van der Waals surface area contributed by atoms with E-state index in [1.165, 1.54) is 12.1 Å². The number of phenols is 1. The highest BCUT2D eigenvalue weighted by atomic mass is 16.4. The minimum Gasteiger partial charge on any atom is -0.508 e. The molecule has 0 unspecified atom stereocenters. The molecular formula is C11H12O4. The number of aliphatic carboxylic acids is 1. The molecule has 0 bridgehead atoms. The number of aliphatic hydroxyl groups is 1. The maximum atomic E-state index is 10.3. The molecule has 0 radical (unpaired) electrons. The summed E-state index contributed by atoms with van der Waals surface area (Å²) < 4.78 is 0. The number of aliphatic hydroxyl groups excluding tert-OH is 1. The largest absolute Gasteiger partial charge is 0.508 e. The van der Waals surface area contributed by atoms with Gasteiger partial charge in [0.25, 0.3) is 0 Å². The highest BCUT2D eigenvalue weighted by molar-refractivity contribution is 5.85. The second kappa shape index (κ2) is 5.17. The number of aromatic hydroxyl groups is 1. The van der Waals surface area contributed by atoms with Gasteiger partial charge in [-0.15, -0.1) is 0 Å². The lowest BCUT2D eigenvalue weighted by Crippen LogP contribution is -1.92. The zero-order valence-electron chi connectivity index (χ0n) is 8.05. The summed E-state index contributed by atoms with van der Waals surface area (Å²) >= 11 is 0. The number of carbonyl (C=O) groups is 1. The first-order valence-corrected chi connectivity index (χ1v) is 4.47. The summed E-state index contributed by atoms with van der Waals surface area (Å²) in [6.07, 6.45) is 2.80. The molecule has 80 valence electrons. The van der Waals surface area contributed by atoms with Gasteiger partial charge in [0.05, 0.1) is 0 Å². The van der Waals surface area contributed by atoms with E-state index in [4.69, 9.17) is 10.2 Å². The molecule has 0 saturated heterocycles. The van der Waals surface area contributed by atoms with Crippen LogP contribution >= 0.6 is 0 Å². The van der Waals surface area contributed by atoms with Gasteiger partial charge in [-0.3, -0.25) is 0 Å². The topological polar surface area (TPSA) is 77.8 Å². The number of carboxylic acids is 1. The molecule has 0 saturated carbocycles. The van der Waals surface area contributed by atoms with E-state index in [0.717, 1.165) is 6.08 Å². The Morgan fingerprint density at radius 2 is 2.13 bits per heavy atom. The molecule has 0 atom stereocenters. The maximum absolute atomic E-state index is 10.3. The van der Waals surface area contributed by atoms with Gasteiger partial charge in [-0.1, -0.05) is 6.07 Å². The fourth-order valence-corrected chi connectivity index (χ4v) is 1.20. The van der Waals surface area contributed by atoms with Crippen LogP contribution in [0, 0.1) is 0 Å². The molecule has 0 spiro atoms. The summed E-state index contributed by atoms with van der Waals surface area (Å²) in [6, 6.07) is 4.73. The third-order valence-corrected chi connectivity index (χ3v) is 1.90. The molecule has 0 heterocycles. The van der Waals surface area contributed by atoms with Gasteiger partial charge in [0, 0.05) is 12.7 Å². The predicted molar refractivity (Wildman–Crippen MR) is 55.6 cm³/mol. The summed E-state index contributed by atoms with van der Waals surface area (Å²) in [5, 5.41) is 26.5. The minimum atomic E-state index is -1.02. The fourth-order valence-electron chi connectivity index (χ4n) is 1.20. The van der Waals surface area contributed by atoms with Crippen LogP contribution in [-0.4, -0.2) is 27.9 Å². The molecule has 4 heteroatoms. The van der Waals surface area contributed by atoms with Crippen molar-refractivity contribution in [2.45, 2.75) is 6.42 Å². The molecule has 0 aromatic heterocycles. The highest BCUT2D eigenvalue weighted by Crippen LogP contribution is 2.19. The van der Waals surface area contributed by atoms with Crippen LogP contribution < -0.4 is 0 Å². The smallest absolute Gasteiger partial charge is 0.328 e. The van der Waals surface area contributed by atoms with E-state index in [1.807, 2.05) is 0 Å². The molecule has 1 rings (SSSR count). The third kappa shape index (κ3) is 3.44. The molecule has 0 fully saturated rings. The lowest BCUT2D eigenvalue weighted by atomic mass is 10.1. The zero-order valence-corrected chi connectivity index (χ0v) is 8.05. The van der Waals surface area contributed by atoms with E-state index in [9.17, 15) is 9.90 Å². The Morgan fingerprint density at radius 1 is 1.40 bits per heavy atom. The van der Waals surface area contributed by atoms with Gasteiger partial charge in [-0.05, 0) is 35.8 Å². The Kier molecular flexibility index (Phi) is 3.88. The molecular weight excluding hydrogens is 196 g/mol. The normalized spacial score (nSPS) is 10.7. The van der Waals surface area contributed by atoms with Crippen LogP contribution in [0.5, 0.6) is 5.75 Å². The van der Waals surface area contributed by atoms with Crippen molar-refractivity contribution in [1.82, 2.24) is 0 Å². The minimum absolute atomic E-state index is 0.0559. The molecule has 1 aromatic rings. The van der Waals surface area contributed by atoms with E-state index in [0.29, 0.717) is 17.5 Å². The van der Waals surface area contributed by atoms with Crippen molar-refractivity contribution in [2.75, 3.05) is 6.61 Å². The van der Waals surface area contributed by atoms with E-state index < -0.39 is 5.97 Å². The Morgan fingerprint density at radius 3 is 2.73 bits per heavy atom. The van der Waals surface area contributed by atoms with Gasteiger partial charge in [0.2, 0.25) is 0 Å². The molecule has 4 nitrogen and oxygen atoms in total. The van der Waals surface area contributed by atoms with Crippen molar-refractivity contribution in [3.8, 4) is 5.75 Å². The molecule has 1 aromatic carbocycles. The first-order valence-electron chi connectivity index (χ1n) is 4.47. The Labute approximate surface area is 87.1 Å². The van der Waals surface area contributed by atoms with Crippen LogP contribution in [-0.2, 0) is 11.2 Å². The van der Waals surface area contributed by atoms with Crippen LogP contribution in [0.3, 0.4) is 0 Å². The lowest BCUT2D eigenvalue weighted by molar-refractivity contribution is -0.131. The van der Waals surface area contributed by atoms with Crippen molar-refractivity contribution >= 4 is 12.0 Å². The highest BCUT2D eigenvalue weighted by Gasteiger charge is 2.00. The van der Waals surface area contributed by atoms with Crippen LogP contribution in [0.4, 0.5) is 0 Å². The van der Waals surface area contributed by atoms with Crippen molar-refractivity contribution in [2.24, 2.45) is 0 Å². The number of benzene rings is 1. The average molecular weight is 208 g/mol. The van der Waals surface area contributed by atoms with Crippen molar-refractivity contribution in [3.63, 3.8) is 0 Å². The molecule has 0 aliphatic heterocycles. The first kappa shape index (κ1) is 11.3. The van der Waals surface area contributed by atoms with Gasteiger partial charge in [0.15, 0.2) is 0 Å². The van der Waals surface area contributed by atoms with Gasteiger partial charge < -0.3 is 15.3 Å². The van der Waals surface area contributed by atoms with Crippen LogP contribution in [0.25, 0.3) is 6.08 Å². The third-order valence-electron chi connectivity index (χ3n) is 1.90. The summed E-state index contributed by atoms with van der Waals surface area (Å²) in [7, 11) is 0. The summed E-state index contributed by atoms with van der Waals surface area (Å²) in [4.78, 5) is 10.3. The zero-order chi connectivity index (χ0) is 11.3. The molecule has 0 aliphatic rings. The molecule has 15 heavy (non-hydrogen) atoms. The Balaban J connectivity index is 2.91. The average Bonchev–Trinajstić information content (AvgIpc) is 2.19. The second-order valence-electron chi connectivity index (χ2n) is 3.03. The second-order valence-corrected chi connectivity index (χ2v) is 3.03. The lowest BCUT2D eigenvalue weighted by Gasteiger charge is -2.03. The van der Waals surface area contributed by atoms with Gasteiger partial charge >= 0.3 is 5.97 Å². The monoisotopic (exact) mass is 208 g/mol. The van der Waals surface area contributed by atoms with E-state index >= 15 is 0 Å². The van der Waals surface area contributed by atoms with Gasteiger partial charge in [-0.25, -0.2) is 4.79 Å². The molecule has 0 aliphatic carbocycles.